The molecule has 0 radical (unpaired) electrons. The molecule has 1 aliphatic heterocycles. The van der Waals surface area contributed by atoms with E-state index >= 15 is 0 Å². The third-order valence-electron chi connectivity index (χ3n) is 6.41. The molecule has 170 valence electrons. The van der Waals surface area contributed by atoms with Crippen LogP contribution in [0.5, 0.6) is 0 Å². The molecule has 2 fully saturated rings. The molecule has 3 heterocycles. The van der Waals surface area contributed by atoms with Gasteiger partial charge in [-0.1, -0.05) is 18.7 Å². The van der Waals surface area contributed by atoms with Crippen LogP contribution in [-0.4, -0.2) is 56.8 Å². The standard InChI is InChI=1S/C25H28N6O2/c1-3-21(32)31-10-4-5-18(13-31)29-24-22-20(12-26-23(22)27-14-28-24)16-6-9-19(15(2)11-16)25(33)30-17-7-8-17/h3,6,9,11-12,14,17-18H,1,4-5,7-8,10,13H2,2H3,(H,30,33)(H2,26,27,28,29). The first-order valence-electron chi connectivity index (χ1n) is 11.5. The van der Waals surface area contributed by atoms with Crippen LogP contribution in [0.15, 0.2) is 43.4 Å². The first kappa shape index (κ1) is 21.2. The fourth-order valence-corrected chi connectivity index (χ4v) is 4.49. The number of nitrogens with zero attached hydrogens (tertiary/aromatic N) is 3. The van der Waals surface area contributed by atoms with Crippen LogP contribution < -0.4 is 10.6 Å². The summed E-state index contributed by atoms with van der Waals surface area (Å²) < 4.78 is 0. The van der Waals surface area contributed by atoms with Gasteiger partial charge >= 0.3 is 0 Å². The molecule has 0 bridgehead atoms. The van der Waals surface area contributed by atoms with Crippen molar-refractivity contribution in [3.05, 3.63) is 54.5 Å². The van der Waals surface area contributed by atoms with Crippen molar-refractivity contribution in [3.8, 4) is 11.1 Å². The molecule has 5 rings (SSSR count). The molecular formula is C25H28N6O2. The van der Waals surface area contributed by atoms with Gasteiger partial charge in [0.2, 0.25) is 5.91 Å². The molecule has 1 unspecified atom stereocenters. The molecule has 8 heteroatoms. The van der Waals surface area contributed by atoms with Crippen molar-refractivity contribution in [2.75, 3.05) is 18.4 Å². The number of hydrogen-bond acceptors (Lipinski definition) is 5. The summed E-state index contributed by atoms with van der Waals surface area (Å²) in [7, 11) is 0. The lowest BCUT2D eigenvalue weighted by molar-refractivity contribution is -0.127. The van der Waals surface area contributed by atoms with Gasteiger partial charge in [-0.15, -0.1) is 0 Å². The van der Waals surface area contributed by atoms with Gasteiger partial charge in [-0.05, 0) is 55.9 Å². The number of fused-ring (bicyclic) bond motifs is 1. The Kier molecular flexibility index (Phi) is 5.58. The third kappa shape index (κ3) is 4.33. The number of piperidine rings is 1. The minimum Gasteiger partial charge on any atom is -0.365 e. The van der Waals surface area contributed by atoms with Crippen LogP contribution in [0.25, 0.3) is 22.2 Å². The first-order valence-corrected chi connectivity index (χ1v) is 11.5. The molecular weight excluding hydrogens is 416 g/mol. The maximum absolute atomic E-state index is 12.5. The van der Waals surface area contributed by atoms with Crippen molar-refractivity contribution < 1.29 is 9.59 Å². The Morgan fingerprint density at radius 2 is 2.06 bits per heavy atom. The molecule has 1 saturated heterocycles. The highest BCUT2D eigenvalue weighted by Gasteiger charge is 2.25. The van der Waals surface area contributed by atoms with Crippen LogP contribution in [0.1, 0.15) is 41.6 Å². The molecule has 2 amide bonds. The number of H-pyrrole nitrogens is 1. The zero-order valence-electron chi connectivity index (χ0n) is 18.7. The minimum atomic E-state index is -0.0436. The SMILES string of the molecule is C=CC(=O)N1CCCC(Nc2ncnc3[nH]cc(-c4ccc(C(=O)NC5CC5)c(C)c4)c23)C1. The Morgan fingerprint density at radius 1 is 1.21 bits per heavy atom. The lowest BCUT2D eigenvalue weighted by Crippen LogP contribution is -2.44. The Morgan fingerprint density at radius 3 is 2.82 bits per heavy atom. The Balaban J connectivity index is 1.43. The molecule has 1 aromatic carbocycles. The van der Waals surface area contributed by atoms with Crippen molar-refractivity contribution in [3.63, 3.8) is 0 Å². The second kappa shape index (κ2) is 8.69. The monoisotopic (exact) mass is 444 g/mol. The number of anilines is 1. The largest absolute Gasteiger partial charge is 0.365 e. The number of benzene rings is 1. The number of aryl methyl sites for hydroxylation is 1. The normalized spacial score (nSPS) is 18.2. The second-order valence-corrected chi connectivity index (χ2v) is 8.90. The highest BCUT2D eigenvalue weighted by Crippen LogP contribution is 2.34. The molecule has 3 N–H and O–H groups in total. The van der Waals surface area contributed by atoms with Crippen LogP contribution in [0.4, 0.5) is 5.82 Å². The van der Waals surface area contributed by atoms with Gasteiger partial charge in [0.05, 0.1) is 5.39 Å². The quantitative estimate of drug-likeness (QED) is 0.506. The van der Waals surface area contributed by atoms with E-state index in [1.54, 1.807) is 0 Å². The van der Waals surface area contributed by atoms with Gasteiger partial charge in [0.25, 0.3) is 5.91 Å². The van der Waals surface area contributed by atoms with E-state index in [0.717, 1.165) is 65.8 Å². The maximum atomic E-state index is 12.5. The van der Waals surface area contributed by atoms with Gasteiger partial charge in [0.1, 0.15) is 17.8 Å². The fourth-order valence-electron chi connectivity index (χ4n) is 4.49. The summed E-state index contributed by atoms with van der Waals surface area (Å²) >= 11 is 0. The summed E-state index contributed by atoms with van der Waals surface area (Å²) in [5.74, 6) is 0.683. The summed E-state index contributed by atoms with van der Waals surface area (Å²) in [4.78, 5) is 38.6. The first-order chi connectivity index (χ1) is 16.0. The predicted octanol–water partition coefficient (Wildman–Crippen LogP) is 3.41. The number of aromatic amines is 1. The number of rotatable bonds is 6. The zero-order chi connectivity index (χ0) is 22.9. The summed E-state index contributed by atoms with van der Waals surface area (Å²) in [6, 6.07) is 6.32. The lowest BCUT2D eigenvalue weighted by atomic mass is 9.99. The van der Waals surface area contributed by atoms with Crippen LogP contribution in [-0.2, 0) is 4.79 Å². The average Bonchev–Trinajstić information content (AvgIpc) is 3.53. The summed E-state index contributed by atoms with van der Waals surface area (Å²) in [5, 5.41) is 7.50. The summed E-state index contributed by atoms with van der Waals surface area (Å²) in [5.41, 5.74) is 4.34. The van der Waals surface area contributed by atoms with E-state index in [1.165, 1.54) is 12.4 Å². The minimum absolute atomic E-state index is 0.0120. The number of likely N-dealkylation sites (tertiary alicyclic amines) is 1. The van der Waals surface area contributed by atoms with Crippen LogP contribution in [0, 0.1) is 6.92 Å². The molecule has 33 heavy (non-hydrogen) atoms. The smallest absolute Gasteiger partial charge is 0.251 e. The van der Waals surface area contributed by atoms with Crippen molar-refractivity contribution >= 4 is 28.7 Å². The molecule has 2 aromatic heterocycles. The number of aromatic nitrogens is 3. The van der Waals surface area contributed by atoms with E-state index in [0.29, 0.717) is 18.2 Å². The molecule has 1 atom stereocenters. The number of nitrogens with one attached hydrogen (secondary N) is 3. The van der Waals surface area contributed by atoms with Crippen molar-refractivity contribution in [2.45, 2.75) is 44.7 Å². The zero-order valence-corrected chi connectivity index (χ0v) is 18.7. The number of hydrogen-bond donors (Lipinski definition) is 3. The number of carbonyl (C=O) groups excluding carboxylic acids is 2. The van der Waals surface area contributed by atoms with Crippen LogP contribution in [0.2, 0.25) is 0 Å². The van der Waals surface area contributed by atoms with Crippen molar-refractivity contribution in [1.82, 2.24) is 25.2 Å². The van der Waals surface area contributed by atoms with Gasteiger partial charge in [-0.3, -0.25) is 9.59 Å². The molecule has 1 aliphatic carbocycles. The lowest BCUT2D eigenvalue weighted by Gasteiger charge is -2.32. The molecule has 3 aromatic rings. The third-order valence-corrected chi connectivity index (χ3v) is 6.41. The number of carbonyl (C=O) groups is 2. The molecule has 1 saturated carbocycles. The highest BCUT2D eigenvalue weighted by atomic mass is 16.2. The average molecular weight is 445 g/mol. The number of amides is 2. The Labute approximate surface area is 192 Å². The fraction of sp³-hybridized carbons (Fsp3) is 0.360. The maximum Gasteiger partial charge on any atom is 0.251 e. The molecule has 8 nitrogen and oxygen atoms in total. The van der Waals surface area contributed by atoms with Crippen LogP contribution >= 0.6 is 0 Å². The van der Waals surface area contributed by atoms with Gasteiger partial charge in [0.15, 0.2) is 0 Å². The predicted molar refractivity (Wildman–Crippen MR) is 128 cm³/mol. The Bertz CT molecular complexity index is 1230. The van der Waals surface area contributed by atoms with E-state index in [1.807, 2.05) is 36.2 Å². The van der Waals surface area contributed by atoms with E-state index in [-0.39, 0.29) is 17.9 Å². The highest BCUT2D eigenvalue weighted by molar-refractivity contribution is 6.02. The van der Waals surface area contributed by atoms with E-state index in [2.05, 4.69) is 32.2 Å². The van der Waals surface area contributed by atoms with Crippen molar-refractivity contribution in [2.24, 2.45) is 0 Å². The van der Waals surface area contributed by atoms with E-state index in [9.17, 15) is 9.59 Å². The van der Waals surface area contributed by atoms with Crippen molar-refractivity contribution in [1.29, 1.82) is 0 Å². The van der Waals surface area contributed by atoms with Gasteiger partial charge in [-0.25, -0.2) is 9.97 Å². The topological polar surface area (TPSA) is 103 Å². The van der Waals surface area contributed by atoms with E-state index in [4.69, 9.17) is 0 Å². The van der Waals surface area contributed by atoms with Crippen LogP contribution in [0.3, 0.4) is 0 Å². The van der Waals surface area contributed by atoms with Gasteiger partial charge in [0, 0.05) is 42.5 Å². The van der Waals surface area contributed by atoms with Gasteiger partial charge < -0.3 is 20.5 Å². The van der Waals surface area contributed by atoms with Gasteiger partial charge in [-0.2, -0.15) is 0 Å². The summed E-state index contributed by atoms with van der Waals surface area (Å²) in [6.07, 6.45) is 8.84. The van der Waals surface area contributed by atoms with E-state index < -0.39 is 0 Å². The molecule has 2 aliphatic rings. The summed E-state index contributed by atoms with van der Waals surface area (Å²) in [6.45, 7) is 6.92. The second-order valence-electron chi connectivity index (χ2n) is 8.90. The molecule has 0 spiro atoms. The Hall–Kier alpha value is -3.68.